The van der Waals surface area contributed by atoms with E-state index in [2.05, 4.69) is 11.9 Å². The van der Waals surface area contributed by atoms with Crippen molar-refractivity contribution in [3.63, 3.8) is 0 Å². The molecule has 2 heteroatoms. The second kappa shape index (κ2) is 1.25. The molecule has 2 fully saturated rings. The summed E-state index contributed by atoms with van der Waals surface area (Å²) in [6, 6.07) is 0.561. The van der Waals surface area contributed by atoms with Crippen LogP contribution in [0.25, 0.3) is 0 Å². The minimum absolute atomic E-state index is 0.561. The number of nitrogens with two attached hydrogens (primary N) is 1. The van der Waals surface area contributed by atoms with E-state index in [0.29, 0.717) is 6.04 Å². The Morgan fingerprint density at radius 3 is 2.25 bits per heavy atom. The Kier molecular flexibility index (Phi) is 0.746. The van der Waals surface area contributed by atoms with E-state index in [0.717, 1.165) is 11.8 Å². The standard InChI is InChI=1S/C6H12N2/c1-8-2-4-5(3-8)6(4)7/h4-6H,2-3,7H2,1H3/t4-,5?,6+/m1/s1. The summed E-state index contributed by atoms with van der Waals surface area (Å²) in [6.45, 7) is 2.48. The first-order valence-electron chi connectivity index (χ1n) is 3.23. The monoisotopic (exact) mass is 112 g/mol. The minimum Gasteiger partial charge on any atom is -0.327 e. The molecule has 0 spiro atoms. The number of fused-ring (bicyclic) bond motifs is 1. The molecule has 1 heterocycles. The van der Waals surface area contributed by atoms with Crippen LogP contribution in [0.3, 0.4) is 0 Å². The molecule has 1 saturated carbocycles. The number of likely N-dealkylation sites (tertiary alicyclic amines) is 1. The highest BCUT2D eigenvalue weighted by atomic mass is 15.2. The Bertz CT molecular complexity index is 101. The molecule has 2 N–H and O–H groups in total. The fraction of sp³-hybridized carbons (Fsp3) is 1.00. The van der Waals surface area contributed by atoms with Gasteiger partial charge in [0.25, 0.3) is 0 Å². The van der Waals surface area contributed by atoms with Gasteiger partial charge in [0, 0.05) is 19.1 Å². The van der Waals surface area contributed by atoms with Gasteiger partial charge in [0.1, 0.15) is 0 Å². The summed E-state index contributed by atoms with van der Waals surface area (Å²) in [7, 11) is 2.17. The van der Waals surface area contributed by atoms with Crippen LogP contribution in [0, 0.1) is 11.8 Å². The first-order chi connectivity index (χ1) is 3.79. The number of hydrogen-bond acceptors (Lipinski definition) is 2. The Balaban J connectivity index is 2.00. The minimum atomic E-state index is 0.561. The van der Waals surface area contributed by atoms with Gasteiger partial charge in [-0.25, -0.2) is 0 Å². The van der Waals surface area contributed by atoms with Gasteiger partial charge in [-0.2, -0.15) is 0 Å². The van der Waals surface area contributed by atoms with E-state index in [1.807, 2.05) is 0 Å². The van der Waals surface area contributed by atoms with Gasteiger partial charge in [0.2, 0.25) is 0 Å². The zero-order valence-corrected chi connectivity index (χ0v) is 5.17. The lowest BCUT2D eigenvalue weighted by atomic mass is 10.4. The van der Waals surface area contributed by atoms with Crippen LogP contribution in [0.2, 0.25) is 0 Å². The number of rotatable bonds is 0. The maximum Gasteiger partial charge on any atom is 0.0127 e. The molecule has 2 nitrogen and oxygen atoms in total. The Morgan fingerprint density at radius 2 is 1.88 bits per heavy atom. The molecule has 1 unspecified atom stereocenters. The van der Waals surface area contributed by atoms with Crippen LogP contribution in [0.15, 0.2) is 0 Å². The highest BCUT2D eigenvalue weighted by molar-refractivity contribution is 5.07. The largest absolute Gasteiger partial charge is 0.327 e. The molecule has 3 atom stereocenters. The van der Waals surface area contributed by atoms with Gasteiger partial charge in [-0.05, 0) is 18.9 Å². The molecule has 1 saturated heterocycles. The Hall–Kier alpha value is -0.0800. The fourth-order valence-corrected chi connectivity index (χ4v) is 1.78. The zero-order chi connectivity index (χ0) is 5.72. The van der Waals surface area contributed by atoms with Crippen molar-refractivity contribution in [2.45, 2.75) is 6.04 Å². The fourth-order valence-electron chi connectivity index (χ4n) is 1.78. The predicted molar refractivity (Wildman–Crippen MR) is 32.5 cm³/mol. The van der Waals surface area contributed by atoms with Crippen LogP contribution in [0.1, 0.15) is 0 Å². The van der Waals surface area contributed by atoms with Crippen molar-refractivity contribution in [3.8, 4) is 0 Å². The summed E-state index contributed by atoms with van der Waals surface area (Å²) in [6.07, 6.45) is 0. The maximum atomic E-state index is 5.71. The highest BCUT2D eigenvalue weighted by Gasteiger charge is 2.52. The van der Waals surface area contributed by atoms with E-state index < -0.39 is 0 Å². The average Bonchev–Trinajstić information content (AvgIpc) is 2.29. The van der Waals surface area contributed by atoms with Crippen molar-refractivity contribution >= 4 is 0 Å². The second-order valence-electron chi connectivity index (χ2n) is 3.13. The van der Waals surface area contributed by atoms with Crippen molar-refractivity contribution in [3.05, 3.63) is 0 Å². The SMILES string of the molecule is CN1CC2[C@@H](N)[C@@H]2C1. The van der Waals surface area contributed by atoms with Gasteiger partial charge < -0.3 is 10.6 Å². The molecule has 0 aromatic rings. The third-order valence-electron chi connectivity index (χ3n) is 2.44. The summed E-state index contributed by atoms with van der Waals surface area (Å²) in [5.74, 6) is 1.72. The molecular weight excluding hydrogens is 100 g/mol. The van der Waals surface area contributed by atoms with Crippen molar-refractivity contribution in [2.75, 3.05) is 20.1 Å². The molecule has 1 aliphatic carbocycles. The van der Waals surface area contributed by atoms with Crippen LogP contribution >= 0.6 is 0 Å². The van der Waals surface area contributed by atoms with Crippen molar-refractivity contribution < 1.29 is 0 Å². The first kappa shape index (κ1) is 4.77. The Morgan fingerprint density at radius 1 is 1.38 bits per heavy atom. The molecule has 0 aromatic carbocycles. The molecule has 0 amide bonds. The molecule has 0 aromatic heterocycles. The molecule has 1 aliphatic heterocycles. The average molecular weight is 112 g/mol. The highest BCUT2D eigenvalue weighted by Crippen LogP contribution is 2.42. The summed E-state index contributed by atoms with van der Waals surface area (Å²) in [5, 5.41) is 0. The first-order valence-corrected chi connectivity index (χ1v) is 3.23. The van der Waals surface area contributed by atoms with E-state index in [-0.39, 0.29) is 0 Å². The van der Waals surface area contributed by atoms with Crippen molar-refractivity contribution in [1.29, 1.82) is 0 Å². The van der Waals surface area contributed by atoms with E-state index in [9.17, 15) is 0 Å². The summed E-state index contributed by atoms with van der Waals surface area (Å²) >= 11 is 0. The lowest BCUT2D eigenvalue weighted by Gasteiger charge is -2.09. The topological polar surface area (TPSA) is 29.3 Å². The van der Waals surface area contributed by atoms with E-state index in [4.69, 9.17) is 5.73 Å². The van der Waals surface area contributed by atoms with E-state index >= 15 is 0 Å². The third kappa shape index (κ3) is 0.446. The molecule has 8 heavy (non-hydrogen) atoms. The smallest absolute Gasteiger partial charge is 0.0127 e. The van der Waals surface area contributed by atoms with Crippen LogP contribution in [0.5, 0.6) is 0 Å². The van der Waals surface area contributed by atoms with Gasteiger partial charge in [0.15, 0.2) is 0 Å². The van der Waals surface area contributed by atoms with Gasteiger partial charge >= 0.3 is 0 Å². The molecule has 0 radical (unpaired) electrons. The van der Waals surface area contributed by atoms with Crippen molar-refractivity contribution in [2.24, 2.45) is 17.6 Å². The maximum absolute atomic E-state index is 5.71. The normalized spacial score (nSPS) is 54.0. The number of hydrogen-bond donors (Lipinski definition) is 1. The lowest BCUT2D eigenvalue weighted by Crippen LogP contribution is -2.24. The van der Waals surface area contributed by atoms with E-state index in [1.54, 1.807) is 0 Å². The zero-order valence-electron chi connectivity index (χ0n) is 5.17. The van der Waals surface area contributed by atoms with Crippen LogP contribution in [-0.2, 0) is 0 Å². The number of piperidine rings is 1. The summed E-state index contributed by atoms with van der Waals surface area (Å²) in [5.41, 5.74) is 5.71. The van der Waals surface area contributed by atoms with Gasteiger partial charge in [-0.3, -0.25) is 0 Å². The third-order valence-corrected chi connectivity index (χ3v) is 2.44. The molecule has 0 bridgehead atoms. The molecule has 46 valence electrons. The van der Waals surface area contributed by atoms with Crippen LogP contribution < -0.4 is 5.73 Å². The van der Waals surface area contributed by atoms with Crippen LogP contribution in [0.4, 0.5) is 0 Å². The molecular formula is C6H12N2. The predicted octanol–water partition coefficient (Wildman–Crippen LogP) is -0.495. The van der Waals surface area contributed by atoms with Gasteiger partial charge in [0.05, 0.1) is 0 Å². The quantitative estimate of drug-likeness (QED) is 0.458. The molecule has 2 aliphatic rings. The lowest BCUT2D eigenvalue weighted by molar-refractivity contribution is 0.362. The number of nitrogens with zero attached hydrogens (tertiary/aromatic N) is 1. The Labute approximate surface area is 49.7 Å². The summed E-state index contributed by atoms with van der Waals surface area (Å²) in [4.78, 5) is 2.36. The second-order valence-corrected chi connectivity index (χ2v) is 3.13. The van der Waals surface area contributed by atoms with Gasteiger partial charge in [-0.15, -0.1) is 0 Å². The summed E-state index contributed by atoms with van der Waals surface area (Å²) < 4.78 is 0. The molecule has 2 rings (SSSR count). The van der Waals surface area contributed by atoms with Crippen LogP contribution in [-0.4, -0.2) is 31.1 Å². The van der Waals surface area contributed by atoms with Crippen molar-refractivity contribution in [1.82, 2.24) is 4.90 Å². The van der Waals surface area contributed by atoms with Gasteiger partial charge in [-0.1, -0.05) is 0 Å². The van der Waals surface area contributed by atoms with E-state index in [1.165, 1.54) is 13.1 Å².